The van der Waals surface area contributed by atoms with Crippen LogP contribution in [0.4, 0.5) is 18.0 Å². The van der Waals surface area contributed by atoms with E-state index in [-0.39, 0.29) is 17.3 Å². The van der Waals surface area contributed by atoms with Gasteiger partial charge >= 0.3 is 12.3 Å². The van der Waals surface area contributed by atoms with Crippen LogP contribution in [-0.2, 0) is 17.5 Å². The molecule has 0 saturated heterocycles. The second-order valence-corrected chi connectivity index (χ2v) is 5.54. The maximum atomic E-state index is 12.4. The maximum absolute atomic E-state index is 12.4. The molecular formula is C12H15ClF3N3O2. The van der Waals surface area contributed by atoms with Crippen LogP contribution in [0, 0.1) is 0 Å². The number of ether oxygens (including phenoxy) is 1. The van der Waals surface area contributed by atoms with E-state index in [9.17, 15) is 18.0 Å². The van der Waals surface area contributed by atoms with Gasteiger partial charge in [0.1, 0.15) is 5.60 Å². The molecule has 0 fully saturated rings. The monoisotopic (exact) mass is 325 g/mol. The fraction of sp³-hybridized carbons (Fsp3) is 0.500. The van der Waals surface area contributed by atoms with E-state index in [4.69, 9.17) is 16.3 Å². The highest BCUT2D eigenvalue weighted by molar-refractivity contribution is 6.31. The van der Waals surface area contributed by atoms with Crippen LogP contribution in [0.15, 0.2) is 12.3 Å². The molecule has 0 aromatic carbocycles. The van der Waals surface area contributed by atoms with E-state index in [2.05, 4.69) is 15.8 Å². The van der Waals surface area contributed by atoms with Crippen molar-refractivity contribution in [3.63, 3.8) is 0 Å². The summed E-state index contributed by atoms with van der Waals surface area (Å²) >= 11 is 5.71. The Morgan fingerprint density at radius 2 is 2.00 bits per heavy atom. The van der Waals surface area contributed by atoms with Gasteiger partial charge in [0.2, 0.25) is 0 Å². The van der Waals surface area contributed by atoms with E-state index in [0.29, 0.717) is 6.20 Å². The molecule has 0 aliphatic rings. The summed E-state index contributed by atoms with van der Waals surface area (Å²) in [5, 5.41) is -0.150. The van der Waals surface area contributed by atoms with Gasteiger partial charge in [-0.15, -0.1) is 0 Å². The Hall–Kier alpha value is -1.54. The molecule has 1 rings (SSSR count). The molecule has 118 valence electrons. The summed E-state index contributed by atoms with van der Waals surface area (Å²) in [5.74, 6) is 0. The SMILES string of the molecule is CC(C)(C)OC(=O)NNCc1ncc(C(F)(F)F)cc1Cl. The van der Waals surface area contributed by atoms with E-state index in [1.54, 1.807) is 20.8 Å². The predicted octanol–water partition coefficient (Wildman–Crippen LogP) is 3.28. The largest absolute Gasteiger partial charge is 0.443 e. The van der Waals surface area contributed by atoms with Gasteiger partial charge in [0.25, 0.3) is 0 Å². The Bertz CT molecular complexity index is 515. The van der Waals surface area contributed by atoms with Crippen LogP contribution in [-0.4, -0.2) is 16.7 Å². The van der Waals surface area contributed by atoms with Crippen molar-refractivity contribution in [2.45, 2.75) is 39.1 Å². The summed E-state index contributed by atoms with van der Waals surface area (Å²) < 4.78 is 42.2. The molecule has 21 heavy (non-hydrogen) atoms. The zero-order chi connectivity index (χ0) is 16.3. The number of nitrogens with zero attached hydrogens (tertiary/aromatic N) is 1. The second kappa shape index (κ2) is 6.48. The molecule has 0 aliphatic carbocycles. The van der Waals surface area contributed by atoms with Crippen molar-refractivity contribution in [2.75, 3.05) is 0 Å². The van der Waals surface area contributed by atoms with Crippen LogP contribution in [0.25, 0.3) is 0 Å². The van der Waals surface area contributed by atoms with Gasteiger partial charge in [0.15, 0.2) is 0 Å². The number of rotatable bonds is 3. The van der Waals surface area contributed by atoms with Crippen LogP contribution in [0.5, 0.6) is 0 Å². The highest BCUT2D eigenvalue weighted by Gasteiger charge is 2.31. The van der Waals surface area contributed by atoms with Crippen molar-refractivity contribution >= 4 is 17.7 Å². The lowest BCUT2D eigenvalue weighted by molar-refractivity contribution is -0.137. The number of carbonyl (C=O) groups excluding carboxylic acids is 1. The van der Waals surface area contributed by atoms with E-state index in [1.165, 1.54) is 0 Å². The lowest BCUT2D eigenvalue weighted by atomic mass is 10.2. The molecule has 0 bridgehead atoms. The molecule has 0 spiro atoms. The molecule has 0 aliphatic heterocycles. The molecule has 0 radical (unpaired) electrons. The summed E-state index contributed by atoms with van der Waals surface area (Å²) in [6.07, 6.45) is -4.54. The molecular weight excluding hydrogens is 311 g/mol. The molecule has 0 saturated carbocycles. The lowest BCUT2D eigenvalue weighted by Gasteiger charge is -2.19. The molecule has 0 unspecified atom stereocenters. The fourth-order valence-corrected chi connectivity index (χ4v) is 1.49. The van der Waals surface area contributed by atoms with E-state index in [0.717, 1.165) is 6.07 Å². The molecule has 0 atom stereocenters. The van der Waals surface area contributed by atoms with E-state index < -0.39 is 23.4 Å². The predicted molar refractivity (Wildman–Crippen MR) is 70.5 cm³/mol. The van der Waals surface area contributed by atoms with Gasteiger partial charge in [0.05, 0.1) is 22.8 Å². The third-order valence-electron chi connectivity index (χ3n) is 2.09. The first-order valence-corrected chi connectivity index (χ1v) is 6.30. The van der Waals surface area contributed by atoms with Gasteiger partial charge in [-0.3, -0.25) is 10.4 Å². The first-order chi connectivity index (χ1) is 9.49. The van der Waals surface area contributed by atoms with Gasteiger partial charge in [-0.05, 0) is 26.8 Å². The van der Waals surface area contributed by atoms with Gasteiger partial charge in [0, 0.05) is 6.20 Å². The van der Waals surface area contributed by atoms with Crippen molar-refractivity contribution in [1.82, 2.24) is 15.8 Å². The number of alkyl halides is 3. The molecule has 5 nitrogen and oxygen atoms in total. The molecule has 1 aromatic heterocycles. The number of hydrogen-bond donors (Lipinski definition) is 2. The fourth-order valence-electron chi connectivity index (χ4n) is 1.26. The lowest BCUT2D eigenvalue weighted by Crippen LogP contribution is -2.40. The topological polar surface area (TPSA) is 63.2 Å². The van der Waals surface area contributed by atoms with Crippen molar-refractivity contribution < 1.29 is 22.7 Å². The number of aromatic nitrogens is 1. The second-order valence-electron chi connectivity index (χ2n) is 5.13. The van der Waals surface area contributed by atoms with Gasteiger partial charge in [-0.25, -0.2) is 10.2 Å². The zero-order valence-corrected chi connectivity index (χ0v) is 12.4. The normalized spacial score (nSPS) is 12.1. The minimum absolute atomic E-state index is 0.0454. The van der Waals surface area contributed by atoms with Crippen LogP contribution in [0.1, 0.15) is 32.0 Å². The molecule has 2 N–H and O–H groups in total. The van der Waals surface area contributed by atoms with Crippen molar-refractivity contribution in [1.29, 1.82) is 0 Å². The third-order valence-corrected chi connectivity index (χ3v) is 2.42. The summed E-state index contributed by atoms with van der Waals surface area (Å²) in [4.78, 5) is 14.9. The quantitative estimate of drug-likeness (QED) is 0.837. The number of nitrogens with one attached hydrogen (secondary N) is 2. The Balaban J connectivity index is 2.55. The summed E-state index contributed by atoms with van der Waals surface area (Å²) in [6.45, 7) is 5.04. The van der Waals surface area contributed by atoms with Crippen LogP contribution >= 0.6 is 11.6 Å². The number of halogens is 4. The average molecular weight is 326 g/mol. The Labute approximate surface area is 124 Å². The van der Waals surface area contributed by atoms with Gasteiger partial charge < -0.3 is 4.74 Å². The standard InChI is InChI=1S/C12H15ClF3N3O2/c1-11(2,3)21-10(20)19-18-6-9-8(13)4-7(5-17-9)12(14,15)16/h4-5,18H,6H2,1-3H3,(H,19,20). The summed E-state index contributed by atoms with van der Waals surface area (Å²) in [7, 11) is 0. The Kier molecular flexibility index (Phi) is 5.41. The minimum atomic E-state index is -4.50. The van der Waals surface area contributed by atoms with Gasteiger partial charge in [-0.2, -0.15) is 13.2 Å². The third kappa shape index (κ3) is 6.17. The Morgan fingerprint density at radius 1 is 1.38 bits per heavy atom. The maximum Gasteiger partial charge on any atom is 0.422 e. The molecule has 1 aromatic rings. The highest BCUT2D eigenvalue weighted by atomic mass is 35.5. The van der Waals surface area contributed by atoms with Crippen molar-refractivity contribution in [3.8, 4) is 0 Å². The first-order valence-electron chi connectivity index (χ1n) is 5.92. The number of amides is 1. The van der Waals surface area contributed by atoms with Crippen LogP contribution in [0.2, 0.25) is 5.02 Å². The Morgan fingerprint density at radius 3 is 2.48 bits per heavy atom. The number of carbonyl (C=O) groups is 1. The number of hydrogen-bond acceptors (Lipinski definition) is 4. The van der Waals surface area contributed by atoms with Gasteiger partial charge in [-0.1, -0.05) is 11.6 Å². The zero-order valence-electron chi connectivity index (χ0n) is 11.6. The summed E-state index contributed by atoms with van der Waals surface area (Å²) in [6, 6.07) is 0.777. The number of pyridine rings is 1. The first kappa shape index (κ1) is 17.5. The molecule has 1 amide bonds. The van der Waals surface area contributed by atoms with E-state index in [1.807, 2.05) is 0 Å². The van der Waals surface area contributed by atoms with Crippen molar-refractivity contribution in [2.24, 2.45) is 0 Å². The average Bonchev–Trinajstić information content (AvgIpc) is 2.27. The number of hydrazine groups is 1. The molecule has 1 heterocycles. The van der Waals surface area contributed by atoms with Crippen molar-refractivity contribution in [3.05, 3.63) is 28.5 Å². The minimum Gasteiger partial charge on any atom is -0.443 e. The molecule has 9 heteroatoms. The van der Waals surface area contributed by atoms with Crippen LogP contribution in [0.3, 0.4) is 0 Å². The summed E-state index contributed by atoms with van der Waals surface area (Å²) in [5.41, 5.74) is 3.27. The van der Waals surface area contributed by atoms with Crippen LogP contribution < -0.4 is 10.9 Å². The highest BCUT2D eigenvalue weighted by Crippen LogP contribution is 2.30. The van der Waals surface area contributed by atoms with E-state index >= 15 is 0 Å². The smallest absolute Gasteiger partial charge is 0.422 e.